The van der Waals surface area contributed by atoms with Gasteiger partial charge < -0.3 is 0 Å². The number of nitro groups is 1. The molecule has 21 heavy (non-hydrogen) atoms. The monoisotopic (exact) mass is 350 g/mol. The maximum absolute atomic E-state index is 12.2. The number of carbonyl (C=O) groups is 1. The Morgan fingerprint density at radius 1 is 1.38 bits per heavy atom. The van der Waals surface area contributed by atoms with Crippen molar-refractivity contribution in [1.82, 2.24) is 4.57 Å². The van der Waals surface area contributed by atoms with Crippen LogP contribution in [0.4, 0.5) is 5.69 Å². The van der Waals surface area contributed by atoms with E-state index in [-0.39, 0.29) is 22.5 Å². The number of aryl methyl sites for hydroxylation is 1. The average molecular weight is 351 g/mol. The first-order valence-corrected chi connectivity index (χ1v) is 6.82. The molecule has 0 aliphatic carbocycles. The Morgan fingerprint density at radius 2 is 2.10 bits per heavy atom. The molecule has 0 saturated heterocycles. The van der Waals surface area contributed by atoms with E-state index in [1.54, 1.807) is 18.2 Å². The Kier molecular flexibility index (Phi) is 4.32. The molecule has 0 aliphatic heterocycles. The summed E-state index contributed by atoms with van der Waals surface area (Å²) in [6.07, 6.45) is 1.07. The van der Waals surface area contributed by atoms with Gasteiger partial charge in [-0.05, 0) is 28.9 Å². The van der Waals surface area contributed by atoms with Crippen LogP contribution in [0.2, 0.25) is 0 Å². The van der Waals surface area contributed by atoms with Gasteiger partial charge in [0.25, 0.3) is 11.2 Å². The lowest BCUT2D eigenvalue weighted by atomic mass is 10.1. The van der Waals surface area contributed by atoms with Gasteiger partial charge in [-0.25, -0.2) is 0 Å². The van der Waals surface area contributed by atoms with Crippen LogP contribution in [-0.2, 0) is 6.54 Å². The van der Waals surface area contributed by atoms with Crippen molar-refractivity contribution in [2.75, 3.05) is 0 Å². The largest absolute Gasteiger partial charge is 0.300 e. The minimum Gasteiger partial charge on any atom is -0.300 e. The quantitative estimate of drug-likeness (QED) is 0.482. The molecule has 0 radical (unpaired) electrons. The lowest BCUT2D eigenvalue weighted by Gasteiger charge is -2.06. The Hall–Kier alpha value is -2.28. The van der Waals surface area contributed by atoms with Crippen LogP contribution in [0.1, 0.15) is 15.9 Å². The zero-order valence-electron chi connectivity index (χ0n) is 11.1. The highest BCUT2D eigenvalue weighted by atomic mass is 79.9. The number of hydrogen-bond acceptors (Lipinski definition) is 4. The molecule has 0 fully saturated rings. The van der Waals surface area contributed by atoms with Crippen molar-refractivity contribution in [2.24, 2.45) is 0 Å². The van der Waals surface area contributed by atoms with E-state index in [0.29, 0.717) is 5.56 Å². The molecule has 1 heterocycles. The van der Waals surface area contributed by atoms with Crippen molar-refractivity contribution in [3.63, 3.8) is 0 Å². The van der Waals surface area contributed by atoms with Gasteiger partial charge in [-0.15, -0.1) is 0 Å². The van der Waals surface area contributed by atoms with Crippen LogP contribution < -0.4 is 5.56 Å². The van der Waals surface area contributed by atoms with E-state index >= 15 is 0 Å². The summed E-state index contributed by atoms with van der Waals surface area (Å²) in [5.74, 6) is -0.284. The maximum atomic E-state index is 12.2. The Morgan fingerprint density at radius 3 is 2.71 bits per heavy atom. The normalized spacial score (nSPS) is 10.4. The second-order valence-electron chi connectivity index (χ2n) is 4.53. The molecule has 0 N–H and O–H groups in total. The summed E-state index contributed by atoms with van der Waals surface area (Å²) in [5, 5.41) is 10.8. The number of Topliss-reactive ketones (excluding diaryl/α,β-unsaturated/α-hetero) is 1. The van der Waals surface area contributed by atoms with Crippen LogP contribution in [0, 0.1) is 17.0 Å². The number of aromatic nitrogens is 1. The van der Waals surface area contributed by atoms with Crippen LogP contribution in [0.5, 0.6) is 0 Å². The number of ketones is 1. The average Bonchev–Trinajstić information content (AvgIpc) is 2.43. The third-order valence-corrected chi connectivity index (χ3v) is 3.46. The molecule has 0 unspecified atom stereocenters. The first kappa shape index (κ1) is 15.1. The van der Waals surface area contributed by atoms with Crippen molar-refractivity contribution >= 4 is 27.4 Å². The smallest absolute Gasteiger partial charge is 0.286 e. The number of benzene rings is 1. The topological polar surface area (TPSA) is 82.2 Å². The molecular formula is C14H11BrN2O4. The van der Waals surface area contributed by atoms with Crippen LogP contribution in [0.3, 0.4) is 0 Å². The summed E-state index contributed by atoms with van der Waals surface area (Å²) in [6, 6.07) is 8.07. The predicted octanol–water partition coefficient (Wildman–Crippen LogP) is 2.71. The van der Waals surface area contributed by atoms with E-state index in [4.69, 9.17) is 0 Å². The fourth-order valence-corrected chi connectivity index (χ4v) is 2.33. The second-order valence-corrected chi connectivity index (χ2v) is 5.38. The number of hydrogen-bond donors (Lipinski definition) is 0. The summed E-state index contributed by atoms with van der Waals surface area (Å²) >= 11 is 2.97. The van der Waals surface area contributed by atoms with E-state index < -0.39 is 10.5 Å². The highest BCUT2D eigenvalue weighted by Gasteiger charge is 2.15. The van der Waals surface area contributed by atoms with E-state index in [2.05, 4.69) is 15.9 Å². The molecule has 1 aromatic heterocycles. The molecule has 2 rings (SSSR count). The molecule has 0 atom stereocenters. The molecule has 0 saturated carbocycles. The first-order chi connectivity index (χ1) is 9.88. The predicted molar refractivity (Wildman–Crippen MR) is 80.6 cm³/mol. The number of rotatable bonds is 4. The van der Waals surface area contributed by atoms with E-state index in [9.17, 15) is 19.7 Å². The zero-order chi connectivity index (χ0) is 15.6. The molecule has 0 aliphatic rings. The van der Waals surface area contributed by atoms with Gasteiger partial charge in [-0.3, -0.25) is 24.3 Å². The molecule has 2 aromatic rings. The first-order valence-electron chi connectivity index (χ1n) is 6.02. The van der Waals surface area contributed by atoms with E-state index in [1.807, 2.05) is 13.0 Å². The van der Waals surface area contributed by atoms with Gasteiger partial charge in [0, 0.05) is 11.6 Å². The van der Waals surface area contributed by atoms with Crippen LogP contribution in [-0.4, -0.2) is 15.3 Å². The van der Waals surface area contributed by atoms with Crippen molar-refractivity contribution in [1.29, 1.82) is 0 Å². The van der Waals surface area contributed by atoms with Crippen molar-refractivity contribution in [2.45, 2.75) is 13.5 Å². The van der Waals surface area contributed by atoms with E-state index in [1.165, 1.54) is 0 Å². The van der Waals surface area contributed by atoms with Crippen LogP contribution in [0.25, 0.3) is 0 Å². The molecule has 6 nitrogen and oxygen atoms in total. The fourth-order valence-electron chi connectivity index (χ4n) is 1.87. The number of nitrogens with zero attached hydrogens (tertiary/aromatic N) is 2. The summed E-state index contributed by atoms with van der Waals surface area (Å²) in [5.41, 5.74) is 0.651. The second kappa shape index (κ2) is 6.01. The van der Waals surface area contributed by atoms with Gasteiger partial charge in [0.05, 0.1) is 22.1 Å². The Labute approximate surface area is 128 Å². The molecule has 0 amide bonds. The number of carbonyl (C=O) groups excluding carboxylic acids is 1. The molecular weight excluding hydrogens is 340 g/mol. The van der Waals surface area contributed by atoms with Crippen molar-refractivity contribution in [3.05, 3.63) is 72.6 Å². The minimum absolute atomic E-state index is 0.0498. The Bertz CT molecular complexity index is 783. The molecule has 1 aromatic carbocycles. The van der Waals surface area contributed by atoms with Gasteiger partial charge >= 0.3 is 0 Å². The highest BCUT2D eigenvalue weighted by Crippen LogP contribution is 2.15. The SMILES string of the molecule is Cc1cccc(C(=O)Cn2cc([N+](=O)[O-])cc(Br)c2=O)c1. The fraction of sp³-hybridized carbons (Fsp3) is 0.143. The van der Waals surface area contributed by atoms with Crippen LogP contribution in [0.15, 0.2) is 45.8 Å². The lowest BCUT2D eigenvalue weighted by Crippen LogP contribution is -2.24. The standard InChI is InChI=1S/C14H11BrN2O4/c1-9-3-2-4-10(5-9)13(18)8-16-7-11(17(20)21)6-12(15)14(16)19/h2-7H,8H2,1H3. The van der Waals surface area contributed by atoms with Gasteiger partial charge in [0.15, 0.2) is 5.78 Å². The minimum atomic E-state index is -0.613. The van der Waals surface area contributed by atoms with Crippen LogP contribution >= 0.6 is 15.9 Å². The van der Waals surface area contributed by atoms with Gasteiger partial charge in [-0.2, -0.15) is 0 Å². The zero-order valence-corrected chi connectivity index (χ0v) is 12.7. The summed E-state index contributed by atoms with van der Waals surface area (Å²) in [7, 11) is 0. The summed E-state index contributed by atoms with van der Waals surface area (Å²) in [6.45, 7) is 1.61. The van der Waals surface area contributed by atoms with Crippen molar-refractivity contribution < 1.29 is 9.72 Å². The third-order valence-electron chi connectivity index (χ3n) is 2.89. The van der Waals surface area contributed by atoms with Gasteiger partial charge in [0.1, 0.15) is 0 Å². The highest BCUT2D eigenvalue weighted by molar-refractivity contribution is 9.10. The molecule has 0 bridgehead atoms. The van der Waals surface area contributed by atoms with Gasteiger partial charge in [0.2, 0.25) is 0 Å². The molecule has 7 heteroatoms. The summed E-state index contributed by atoms with van der Waals surface area (Å²) < 4.78 is 1.08. The molecule has 108 valence electrons. The Balaban J connectivity index is 2.37. The molecule has 0 spiro atoms. The summed E-state index contributed by atoms with van der Waals surface area (Å²) in [4.78, 5) is 34.3. The maximum Gasteiger partial charge on any atom is 0.286 e. The third kappa shape index (κ3) is 3.43. The number of pyridine rings is 1. The lowest BCUT2D eigenvalue weighted by molar-refractivity contribution is -0.385. The van der Waals surface area contributed by atoms with Gasteiger partial charge in [-0.1, -0.05) is 23.8 Å². The van der Waals surface area contributed by atoms with Crippen molar-refractivity contribution in [3.8, 4) is 0 Å². The number of halogens is 1. The van der Waals surface area contributed by atoms with E-state index in [0.717, 1.165) is 22.4 Å².